The van der Waals surface area contributed by atoms with Crippen LogP contribution in [0.3, 0.4) is 0 Å². The maximum atomic E-state index is 10.9. The number of anilines is 2. The van der Waals surface area contributed by atoms with Gasteiger partial charge in [0.1, 0.15) is 6.20 Å². The smallest absolute Gasteiger partial charge is 0.329 e. The Morgan fingerprint density at radius 1 is 1.67 bits per heavy atom. The molecule has 2 rings (SSSR count). The standard InChI is InChI=1S/C10H15N5O3/c1-6-5-14(3-2-8(6)16)9-7(15(17)18)4-12-10(11)13-9/h4,6,8,16H,2-3,5H2,1H3,(H2,11,12,13). The first-order valence-electron chi connectivity index (χ1n) is 5.69. The van der Waals surface area contributed by atoms with E-state index in [-0.39, 0.29) is 29.5 Å². The summed E-state index contributed by atoms with van der Waals surface area (Å²) in [6.07, 6.45) is 1.30. The first kappa shape index (κ1) is 12.5. The van der Waals surface area contributed by atoms with Gasteiger partial charge in [-0.25, -0.2) is 4.98 Å². The van der Waals surface area contributed by atoms with Crippen molar-refractivity contribution in [3.05, 3.63) is 16.3 Å². The summed E-state index contributed by atoms with van der Waals surface area (Å²) < 4.78 is 0. The molecular formula is C10H15N5O3. The lowest BCUT2D eigenvalue weighted by molar-refractivity contribution is -0.384. The van der Waals surface area contributed by atoms with Gasteiger partial charge in [-0.3, -0.25) is 10.1 Å². The molecule has 1 aromatic heterocycles. The third kappa shape index (κ3) is 2.33. The number of aliphatic hydroxyl groups is 1. The lowest BCUT2D eigenvalue weighted by Crippen LogP contribution is -2.42. The van der Waals surface area contributed by atoms with Crippen LogP contribution in [-0.2, 0) is 0 Å². The maximum Gasteiger partial charge on any atom is 0.329 e. The van der Waals surface area contributed by atoms with Gasteiger partial charge in [0.2, 0.25) is 11.8 Å². The van der Waals surface area contributed by atoms with E-state index in [0.29, 0.717) is 19.5 Å². The van der Waals surface area contributed by atoms with E-state index in [1.807, 2.05) is 6.92 Å². The molecule has 2 heterocycles. The van der Waals surface area contributed by atoms with Crippen molar-refractivity contribution in [3.8, 4) is 0 Å². The number of nitrogens with two attached hydrogens (primary N) is 1. The molecule has 0 bridgehead atoms. The van der Waals surface area contributed by atoms with Gasteiger partial charge < -0.3 is 15.7 Å². The summed E-state index contributed by atoms with van der Waals surface area (Å²) in [5.41, 5.74) is 5.32. The van der Waals surface area contributed by atoms with Crippen molar-refractivity contribution in [2.45, 2.75) is 19.4 Å². The molecule has 1 fully saturated rings. The lowest BCUT2D eigenvalue weighted by atomic mass is 9.97. The molecule has 2 atom stereocenters. The molecule has 2 unspecified atom stereocenters. The minimum Gasteiger partial charge on any atom is -0.393 e. The summed E-state index contributed by atoms with van der Waals surface area (Å²) in [6, 6.07) is 0. The van der Waals surface area contributed by atoms with Gasteiger partial charge in [-0.05, 0) is 12.3 Å². The Morgan fingerprint density at radius 2 is 2.39 bits per heavy atom. The summed E-state index contributed by atoms with van der Waals surface area (Å²) in [4.78, 5) is 19.8. The molecule has 1 aliphatic heterocycles. The van der Waals surface area contributed by atoms with Gasteiger partial charge in [0.15, 0.2) is 0 Å². The summed E-state index contributed by atoms with van der Waals surface area (Å²) in [7, 11) is 0. The highest BCUT2D eigenvalue weighted by molar-refractivity contribution is 5.58. The quantitative estimate of drug-likeness (QED) is 0.569. The number of aliphatic hydroxyl groups excluding tert-OH is 1. The molecule has 1 aromatic rings. The largest absolute Gasteiger partial charge is 0.393 e. The van der Waals surface area contributed by atoms with Crippen LogP contribution in [0.15, 0.2) is 6.20 Å². The number of nitrogens with zero attached hydrogens (tertiary/aromatic N) is 4. The van der Waals surface area contributed by atoms with Crippen molar-refractivity contribution in [1.29, 1.82) is 0 Å². The third-order valence-corrected chi connectivity index (χ3v) is 3.12. The van der Waals surface area contributed by atoms with E-state index in [4.69, 9.17) is 5.73 Å². The van der Waals surface area contributed by atoms with Crippen molar-refractivity contribution >= 4 is 17.5 Å². The van der Waals surface area contributed by atoms with Gasteiger partial charge >= 0.3 is 5.69 Å². The molecule has 3 N–H and O–H groups in total. The number of nitro groups is 1. The highest BCUT2D eigenvalue weighted by Gasteiger charge is 2.29. The van der Waals surface area contributed by atoms with Crippen molar-refractivity contribution < 1.29 is 10.0 Å². The molecule has 1 saturated heterocycles. The molecule has 0 saturated carbocycles. The van der Waals surface area contributed by atoms with Gasteiger partial charge in [0.05, 0.1) is 11.0 Å². The molecular weight excluding hydrogens is 238 g/mol. The van der Waals surface area contributed by atoms with E-state index in [1.54, 1.807) is 4.90 Å². The van der Waals surface area contributed by atoms with Crippen molar-refractivity contribution in [3.63, 3.8) is 0 Å². The van der Waals surface area contributed by atoms with E-state index in [0.717, 1.165) is 6.20 Å². The summed E-state index contributed by atoms with van der Waals surface area (Å²) in [5, 5.41) is 20.6. The van der Waals surface area contributed by atoms with Crippen LogP contribution in [0.1, 0.15) is 13.3 Å². The Balaban J connectivity index is 2.32. The fourth-order valence-electron chi connectivity index (χ4n) is 2.07. The van der Waals surface area contributed by atoms with Gasteiger partial charge in [-0.2, -0.15) is 4.98 Å². The predicted molar refractivity (Wildman–Crippen MR) is 65.1 cm³/mol. The van der Waals surface area contributed by atoms with E-state index < -0.39 is 4.92 Å². The molecule has 0 aromatic carbocycles. The van der Waals surface area contributed by atoms with Gasteiger partial charge in [-0.15, -0.1) is 0 Å². The Bertz CT molecular complexity index is 467. The summed E-state index contributed by atoms with van der Waals surface area (Å²) in [5.74, 6) is 0.273. The van der Waals surface area contributed by atoms with E-state index >= 15 is 0 Å². The normalized spacial score (nSPS) is 24.0. The Morgan fingerprint density at radius 3 is 3.00 bits per heavy atom. The van der Waals surface area contributed by atoms with Crippen molar-refractivity contribution in [2.24, 2.45) is 5.92 Å². The maximum absolute atomic E-state index is 10.9. The summed E-state index contributed by atoms with van der Waals surface area (Å²) in [6.45, 7) is 2.93. The molecule has 98 valence electrons. The number of aromatic nitrogens is 2. The SMILES string of the molecule is CC1CN(c2nc(N)ncc2[N+](=O)[O-])CCC1O. The molecule has 0 amide bonds. The van der Waals surface area contributed by atoms with E-state index in [2.05, 4.69) is 9.97 Å². The number of rotatable bonds is 2. The average Bonchev–Trinajstić information content (AvgIpc) is 2.32. The Kier molecular flexibility index (Phi) is 3.28. The van der Waals surface area contributed by atoms with Crippen LogP contribution >= 0.6 is 0 Å². The van der Waals surface area contributed by atoms with Crippen molar-refractivity contribution in [2.75, 3.05) is 23.7 Å². The average molecular weight is 253 g/mol. The highest BCUT2D eigenvalue weighted by Crippen LogP contribution is 2.29. The molecule has 1 aliphatic rings. The zero-order valence-corrected chi connectivity index (χ0v) is 9.98. The first-order valence-corrected chi connectivity index (χ1v) is 5.69. The second-order valence-electron chi connectivity index (χ2n) is 4.47. The fourth-order valence-corrected chi connectivity index (χ4v) is 2.07. The second-order valence-corrected chi connectivity index (χ2v) is 4.47. The minimum atomic E-state index is -0.523. The molecule has 0 spiro atoms. The van der Waals surface area contributed by atoms with E-state index in [1.165, 1.54) is 0 Å². The van der Waals surface area contributed by atoms with Crippen LogP contribution in [0, 0.1) is 16.0 Å². The minimum absolute atomic E-state index is 0.00868. The first-order chi connectivity index (χ1) is 8.49. The van der Waals surface area contributed by atoms with Crippen molar-refractivity contribution in [1.82, 2.24) is 9.97 Å². The second kappa shape index (κ2) is 4.73. The zero-order chi connectivity index (χ0) is 13.3. The molecule has 8 heteroatoms. The summed E-state index contributed by atoms with van der Waals surface area (Å²) >= 11 is 0. The monoisotopic (exact) mass is 253 g/mol. The van der Waals surface area contributed by atoms with Gasteiger partial charge in [-0.1, -0.05) is 6.92 Å². The predicted octanol–water partition coefficient (Wildman–Crippen LogP) is 0.174. The zero-order valence-electron chi connectivity index (χ0n) is 9.98. The van der Waals surface area contributed by atoms with Gasteiger partial charge in [0.25, 0.3) is 0 Å². The number of piperidine rings is 1. The van der Waals surface area contributed by atoms with Crippen LogP contribution in [0.2, 0.25) is 0 Å². The molecule has 0 radical (unpaired) electrons. The fraction of sp³-hybridized carbons (Fsp3) is 0.600. The topological polar surface area (TPSA) is 118 Å². The lowest BCUT2D eigenvalue weighted by Gasteiger charge is -2.34. The van der Waals surface area contributed by atoms with Crippen LogP contribution in [0.4, 0.5) is 17.5 Å². The Labute approximate surface area is 104 Å². The van der Waals surface area contributed by atoms with Crippen LogP contribution in [0.25, 0.3) is 0 Å². The van der Waals surface area contributed by atoms with E-state index in [9.17, 15) is 15.2 Å². The number of hydrogen-bond acceptors (Lipinski definition) is 7. The molecule has 18 heavy (non-hydrogen) atoms. The molecule has 8 nitrogen and oxygen atoms in total. The molecule has 0 aliphatic carbocycles. The highest BCUT2D eigenvalue weighted by atomic mass is 16.6. The van der Waals surface area contributed by atoms with Crippen LogP contribution in [-0.4, -0.2) is 39.2 Å². The third-order valence-electron chi connectivity index (χ3n) is 3.12. The van der Waals surface area contributed by atoms with Crippen LogP contribution in [0.5, 0.6) is 0 Å². The van der Waals surface area contributed by atoms with Gasteiger partial charge in [0, 0.05) is 13.1 Å². The Hall–Kier alpha value is -1.96. The number of hydrogen-bond donors (Lipinski definition) is 2. The number of nitrogen functional groups attached to an aromatic ring is 1. The van der Waals surface area contributed by atoms with Crippen LogP contribution < -0.4 is 10.6 Å².